The molecule has 3 unspecified atom stereocenters. The molecule has 2 heterocycles. The Morgan fingerprint density at radius 1 is 1.15 bits per heavy atom. The first kappa shape index (κ1) is 21.4. The van der Waals surface area contributed by atoms with Crippen LogP contribution in [0, 0.1) is 5.82 Å². The molecule has 5 rings (SSSR count). The minimum atomic E-state index is -0.375. The molecule has 2 aromatic rings. The molecule has 0 radical (unpaired) electrons. The van der Waals surface area contributed by atoms with Crippen molar-refractivity contribution in [3.8, 4) is 5.88 Å². The Bertz CT molecular complexity index is 1070. The number of allylic oxidation sites excluding steroid dienone is 3. The van der Waals surface area contributed by atoms with Crippen LogP contribution in [0.1, 0.15) is 37.2 Å². The molecule has 1 aromatic heterocycles. The van der Waals surface area contributed by atoms with Gasteiger partial charge < -0.3 is 15.0 Å². The number of carbonyl (C=O) groups excluding carboxylic acids is 1. The van der Waals surface area contributed by atoms with Gasteiger partial charge in [-0.25, -0.2) is 14.2 Å². The number of benzene rings is 1. The number of hydrogen-bond acceptors (Lipinski definition) is 3. The Kier molecular flexibility index (Phi) is 6.24. The highest BCUT2D eigenvalue weighted by molar-refractivity contribution is 5.75. The molecule has 2 amide bonds. The lowest BCUT2D eigenvalue weighted by Crippen LogP contribution is -2.44. The van der Waals surface area contributed by atoms with Crippen LogP contribution in [-0.2, 0) is 0 Å². The highest BCUT2D eigenvalue weighted by Gasteiger charge is 2.40. The third-order valence-electron chi connectivity index (χ3n) is 6.42. The summed E-state index contributed by atoms with van der Waals surface area (Å²) in [5.41, 5.74) is 3.74. The van der Waals surface area contributed by atoms with E-state index in [4.69, 9.17) is 4.74 Å². The maximum absolute atomic E-state index is 13.0. The summed E-state index contributed by atoms with van der Waals surface area (Å²) in [4.78, 5) is 18.6. The molecule has 3 atom stereocenters. The lowest BCUT2D eigenvalue weighted by Gasteiger charge is -2.29. The van der Waals surface area contributed by atoms with E-state index in [1.54, 1.807) is 6.07 Å². The average Bonchev–Trinajstić information content (AvgIpc) is 3.61. The van der Waals surface area contributed by atoms with Gasteiger partial charge in [-0.3, -0.25) is 0 Å². The van der Waals surface area contributed by atoms with Crippen molar-refractivity contribution in [1.82, 2.24) is 15.2 Å². The van der Waals surface area contributed by atoms with Crippen LogP contribution in [0.4, 0.5) is 9.18 Å². The number of carbonyl (C=O) groups is 1. The largest absolute Gasteiger partial charge is 0.470 e. The maximum atomic E-state index is 13.0. The summed E-state index contributed by atoms with van der Waals surface area (Å²) in [5, 5.41) is 3.20. The number of halogens is 1. The molecule has 33 heavy (non-hydrogen) atoms. The predicted molar refractivity (Wildman–Crippen MR) is 125 cm³/mol. The number of pyridine rings is 1. The van der Waals surface area contributed by atoms with E-state index in [-0.39, 0.29) is 24.0 Å². The van der Waals surface area contributed by atoms with Crippen LogP contribution in [0.25, 0.3) is 0 Å². The van der Waals surface area contributed by atoms with Gasteiger partial charge in [0.25, 0.3) is 0 Å². The molecule has 1 aromatic carbocycles. The van der Waals surface area contributed by atoms with Crippen molar-refractivity contribution in [2.75, 3.05) is 13.1 Å². The summed E-state index contributed by atoms with van der Waals surface area (Å²) in [7, 11) is 0. The lowest BCUT2D eigenvalue weighted by molar-refractivity contribution is 0.193. The van der Waals surface area contributed by atoms with E-state index in [0.717, 1.165) is 50.5 Å². The lowest BCUT2D eigenvalue weighted by atomic mass is 9.97. The zero-order chi connectivity index (χ0) is 22.6. The van der Waals surface area contributed by atoms with Gasteiger partial charge in [-0.1, -0.05) is 54.1 Å². The zero-order valence-corrected chi connectivity index (χ0v) is 18.5. The first-order chi connectivity index (χ1) is 16.1. The van der Waals surface area contributed by atoms with Crippen molar-refractivity contribution in [1.29, 1.82) is 0 Å². The second-order valence-electron chi connectivity index (χ2n) is 8.87. The van der Waals surface area contributed by atoms with Crippen LogP contribution < -0.4 is 10.1 Å². The van der Waals surface area contributed by atoms with Crippen LogP contribution in [-0.4, -0.2) is 41.2 Å². The average molecular weight is 446 g/mol. The van der Waals surface area contributed by atoms with Crippen molar-refractivity contribution >= 4 is 6.03 Å². The summed E-state index contributed by atoms with van der Waals surface area (Å²) < 4.78 is 18.9. The van der Waals surface area contributed by atoms with Gasteiger partial charge >= 0.3 is 6.03 Å². The van der Waals surface area contributed by atoms with Crippen LogP contribution in [0.15, 0.2) is 84.1 Å². The fourth-order valence-corrected chi connectivity index (χ4v) is 4.49. The number of ether oxygens (including phenoxy) is 1. The maximum Gasteiger partial charge on any atom is 0.317 e. The molecule has 1 aliphatic heterocycles. The highest BCUT2D eigenvalue weighted by atomic mass is 19.1. The Morgan fingerprint density at radius 3 is 2.73 bits per heavy atom. The van der Waals surface area contributed by atoms with Crippen LogP contribution in [0.3, 0.4) is 0 Å². The monoisotopic (exact) mass is 445 g/mol. The van der Waals surface area contributed by atoms with E-state index in [2.05, 4.69) is 58.9 Å². The van der Waals surface area contributed by atoms with Gasteiger partial charge in [0.15, 0.2) is 0 Å². The molecule has 0 spiro atoms. The number of likely N-dealkylation sites (tertiary alicyclic amines) is 1. The zero-order valence-electron chi connectivity index (χ0n) is 18.5. The Labute approximate surface area is 193 Å². The first-order valence-electron chi connectivity index (χ1n) is 11.6. The number of nitrogens with zero attached hydrogens (tertiary/aromatic N) is 2. The van der Waals surface area contributed by atoms with E-state index in [0.29, 0.717) is 11.8 Å². The fraction of sp³-hybridized carbons (Fsp3) is 0.333. The fourth-order valence-electron chi connectivity index (χ4n) is 4.49. The number of aromatic nitrogens is 1. The molecule has 170 valence electrons. The smallest absolute Gasteiger partial charge is 0.317 e. The SMILES string of the molecule is O=C(NC1CC1c1ccccc1)N1CCC(=CC2=CC(Oc3ccc(F)cn3)CC=C2)CC1. The van der Waals surface area contributed by atoms with E-state index in [1.807, 2.05) is 11.0 Å². The number of hydrogen-bond donors (Lipinski definition) is 1. The molecular formula is C27H28FN3O2. The van der Waals surface area contributed by atoms with Crippen molar-refractivity contribution < 1.29 is 13.9 Å². The highest BCUT2D eigenvalue weighted by Crippen LogP contribution is 2.40. The number of piperidine rings is 1. The Morgan fingerprint density at radius 2 is 1.97 bits per heavy atom. The van der Waals surface area contributed by atoms with Gasteiger partial charge in [-0.2, -0.15) is 0 Å². The minimum absolute atomic E-state index is 0.0505. The summed E-state index contributed by atoms with van der Waals surface area (Å²) in [6.07, 6.45) is 13.0. The van der Waals surface area contributed by atoms with Gasteiger partial charge in [-0.15, -0.1) is 0 Å². The van der Waals surface area contributed by atoms with E-state index in [9.17, 15) is 9.18 Å². The molecular weight excluding hydrogens is 417 g/mol. The minimum Gasteiger partial charge on any atom is -0.470 e. The van der Waals surface area contributed by atoms with E-state index >= 15 is 0 Å². The third-order valence-corrected chi connectivity index (χ3v) is 6.42. The number of urea groups is 1. The van der Waals surface area contributed by atoms with Gasteiger partial charge in [0.05, 0.1) is 6.20 Å². The summed E-state index contributed by atoms with van der Waals surface area (Å²) >= 11 is 0. The van der Waals surface area contributed by atoms with Crippen molar-refractivity contribution in [2.24, 2.45) is 0 Å². The molecule has 1 saturated heterocycles. The second kappa shape index (κ2) is 9.61. The van der Waals surface area contributed by atoms with Gasteiger partial charge in [-0.05, 0) is 42.5 Å². The molecule has 2 aliphatic carbocycles. The number of amides is 2. The molecule has 3 aliphatic rings. The van der Waals surface area contributed by atoms with Crippen LogP contribution >= 0.6 is 0 Å². The van der Waals surface area contributed by atoms with Crippen LogP contribution in [0.5, 0.6) is 5.88 Å². The Balaban J connectivity index is 1.11. The quantitative estimate of drug-likeness (QED) is 0.693. The Hall–Kier alpha value is -3.41. The van der Waals surface area contributed by atoms with Gasteiger partial charge in [0.1, 0.15) is 11.9 Å². The number of rotatable bonds is 5. The molecule has 5 nitrogen and oxygen atoms in total. The molecule has 0 bridgehead atoms. The normalized spacial score (nSPS) is 24.2. The predicted octanol–water partition coefficient (Wildman–Crippen LogP) is 5.14. The van der Waals surface area contributed by atoms with Crippen molar-refractivity contribution in [3.63, 3.8) is 0 Å². The summed E-state index contributed by atoms with van der Waals surface area (Å²) in [6.45, 7) is 1.47. The first-order valence-corrected chi connectivity index (χ1v) is 11.6. The van der Waals surface area contributed by atoms with Crippen LogP contribution in [0.2, 0.25) is 0 Å². The van der Waals surface area contributed by atoms with E-state index in [1.165, 1.54) is 17.2 Å². The molecule has 6 heteroatoms. The molecule has 1 N–H and O–H groups in total. The summed E-state index contributed by atoms with van der Waals surface area (Å²) in [6, 6.07) is 13.6. The summed E-state index contributed by atoms with van der Waals surface area (Å²) in [5.74, 6) is 0.491. The van der Waals surface area contributed by atoms with Gasteiger partial charge in [0.2, 0.25) is 5.88 Å². The number of nitrogens with one attached hydrogen (secondary N) is 1. The van der Waals surface area contributed by atoms with E-state index < -0.39 is 0 Å². The third kappa shape index (κ3) is 5.51. The standard InChI is InChI=1S/C27H28FN3O2/c28-22-9-10-26(29-18-22)33-23-8-4-5-20(16-23)15-19-11-13-31(14-12-19)27(32)30-25-17-24(25)21-6-2-1-3-7-21/h1-7,9-10,15-16,18,23-25H,8,11-14,17H2,(H,30,32). The van der Waals surface area contributed by atoms with Crippen molar-refractivity contribution in [2.45, 2.75) is 43.7 Å². The molecule has 1 saturated carbocycles. The van der Waals surface area contributed by atoms with Crippen molar-refractivity contribution in [3.05, 3.63) is 95.5 Å². The topological polar surface area (TPSA) is 54.5 Å². The van der Waals surface area contributed by atoms with Gasteiger partial charge in [0, 0.05) is 37.5 Å². The molecule has 2 fully saturated rings. The second-order valence-corrected chi connectivity index (χ2v) is 8.87.